The predicted octanol–water partition coefficient (Wildman–Crippen LogP) is 3.42. The topological polar surface area (TPSA) is 15.3 Å². The summed E-state index contributed by atoms with van der Waals surface area (Å²) in [6.07, 6.45) is 12.4. The molecule has 1 atom stereocenters. The molecule has 17 heavy (non-hydrogen) atoms. The van der Waals surface area contributed by atoms with Crippen LogP contribution in [0.2, 0.25) is 0 Å². The van der Waals surface area contributed by atoms with Crippen molar-refractivity contribution in [2.75, 3.05) is 21.1 Å². The summed E-state index contributed by atoms with van der Waals surface area (Å²) in [7, 11) is 6.70. The van der Waals surface area contributed by atoms with E-state index >= 15 is 0 Å². The second-order valence-electron chi connectivity index (χ2n) is 5.90. The van der Waals surface area contributed by atoms with Crippen LogP contribution in [0, 0.1) is 0 Å². The molecule has 0 radical (unpaired) electrons. The monoisotopic (exact) mass is 240 g/mol. The molecule has 0 aromatic heterocycles. The maximum Gasteiger partial charge on any atom is 0.0356 e. The van der Waals surface area contributed by atoms with Crippen molar-refractivity contribution in [1.82, 2.24) is 10.2 Å². The SMILES string of the molecule is CCCCCC(NC)C1(N(C)C)CCCCC1. The number of nitrogens with zero attached hydrogens (tertiary/aromatic N) is 1. The third-order valence-electron chi connectivity index (χ3n) is 4.70. The van der Waals surface area contributed by atoms with Crippen LogP contribution in [0.25, 0.3) is 0 Å². The number of nitrogens with one attached hydrogen (secondary N) is 1. The first-order valence-electron chi connectivity index (χ1n) is 7.52. The van der Waals surface area contributed by atoms with Gasteiger partial charge in [0.25, 0.3) is 0 Å². The lowest BCUT2D eigenvalue weighted by molar-refractivity contribution is 0.0554. The Hall–Kier alpha value is -0.0800. The van der Waals surface area contributed by atoms with Crippen molar-refractivity contribution in [1.29, 1.82) is 0 Å². The van der Waals surface area contributed by atoms with E-state index in [0.717, 1.165) is 0 Å². The van der Waals surface area contributed by atoms with E-state index in [9.17, 15) is 0 Å². The van der Waals surface area contributed by atoms with E-state index in [2.05, 4.69) is 38.3 Å². The minimum absolute atomic E-state index is 0.417. The number of likely N-dealkylation sites (N-methyl/N-ethyl adjacent to an activating group) is 2. The standard InChI is InChI=1S/C15H32N2/c1-5-6-8-11-14(16-2)15(17(3)4)12-9-7-10-13-15/h14,16H,5-13H2,1-4H3. The molecule has 1 fully saturated rings. The lowest BCUT2D eigenvalue weighted by atomic mass is 9.74. The molecule has 1 saturated carbocycles. The van der Waals surface area contributed by atoms with Crippen LogP contribution in [-0.4, -0.2) is 37.6 Å². The normalized spacial score (nSPS) is 21.7. The molecule has 0 saturated heterocycles. The van der Waals surface area contributed by atoms with Gasteiger partial charge >= 0.3 is 0 Å². The zero-order valence-corrected chi connectivity index (χ0v) is 12.4. The van der Waals surface area contributed by atoms with Gasteiger partial charge in [-0.25, -0.2) is 0 Å². The molecule has 1 unspecified atom stereocenters. The Labute approximate surface area is 108 Å². The number of hydrogen-bond donors (Lipinski definition) is 1. The second-order valence-corrected chi connectivity index (χ2v) is 5.90. The summed E-state index contributed by atoms with van der Waals surface area (Å²) in [5.41, 5.74) is 0.417. The molecular formula is C15H32N2. The highest BCUT2D eigenvalue weighted by atomic mass is 15.2. The lowest BCUT2D eigenvalue weighted by Crippen LogP contribution is -2.59. The number of unbranched alkanes of at least 4 members (excludes halogenated alkanes) is 2. The zero-order chi connectivity index (χ0) is 12.7. The summed E-state index contributed by atoms with van der Waals surface area (Å²) < 4.78 is 0. The van der Waals surface area contributed by atoms with Crippen molar-refractivity contribution in [3.05, 3.63) is 0 Å². The van der Waals surface area contributed by atoms with Crippen LogP contribution in [0.3, 0.4) is 0 Å². The van der Waals surface area contributed by atoms with Gasteiger partial charge in [-0.15, -0.1) is 0 Å². The summed E-state index contributed by atoms with van der Waals surface area (Å²) in [6, 6.07) is 0.671. The Morgan fingerprint density at radius 2 is 1.76 bits per heavy atom. The van der Waals surface area contributed by atoms with Crippen LogP contribution < -0.4 is 5.32 Å². The summed E-state index contributed by atoms with van der Waals surface area (Å²) in [5.74, 6) is 0. The first-order valence-corrected chi connectivity index (χ1v) is 7.52. The van der Waals surface area contributed by atoms with Crippen LogP contribution in [0.4, 0.5) is 0 Å². The Bertz CT molecular complexity index is 195. The van der Waals surface area contributed by atoms with E-state index in [4.69, 9.17) is 0 Å². The first kappa shape index (κ1) is 15.0. The molecule has 2 nitrogen and oxygen atoms in total. The maximum absolute atomic E-state index is 3.61. The Morgan fingerprint density at radius 1 is 1.12 bits per heavy atom. The molecule has 0 aromatic carbocycles. The number of hydrogen-bond acceptors (Lipinski definition) is 2. The van der Waals surface area contributed by atoms with Gasteiger partial charge in [0, 0.05) is 11.6 Å². The first-order chi connectivity index (χ1) is 8.17. The fourth-order valence-corrected chi connectivity index (χ4v) is 3.55. The van der Waals surface area contributed by atoms with Crippen LogP contribution in [0.5, 0.6) is 0 Å². The third-order valence-corrected chi connectivity index (χ3v) is 4.70. The van der Waals surface area contributed by atoms with Crippen molar-refractivity contribution in [3.8, 4) is 0 Å². The van der Waals surface area contributed by atoms with Gasteiger partial charge in [-0.2, -0.15) is 0 Å². The lowest BCUT2D eigenvalue weighted by Gasteiger charge is -2.48. The van der Waals surface area contributed by atoms with Crippen LogP contribution >= 0.6 is 0 Å². The van der Waals surface area contributed by atoms with Crippen molar-refractivity contribution in [2.45, 2.75) is 76.3 Å². The third kappa shape index (κ3) is 3.69. The van der Waals surface area contributed by atoms with E-state index in [-0.39, 0.29) is 0 Å². The number of rotatable bonds is 7. The summed E-state index contributed by atoms with van der Waals surface area (Å²) >= 11 is 0. The summed E-state index contributed by atoms with van der Waals surface area (Å²) in [6.45, 7) is 2.29. The van der Waals surface area contributed by atoms with Gasteiger partial charge in [0.2, 0.25) is 0 Å². The van der Waals surface area contributed by atoms with E-state index in [1.54, 1.807) is 0 Å². The predicted molar refractivity (Wildman–Crippen MR) is 76.5 cm³/mol. The highest BCUT2D eigenvalue weighted by Gasteiger charge is 2.40. The van der Waals surface area contributed by atoms with Gasteiger partial charge in [-0.3, -0.25) is 0 Å². The summed E-state index contributed by atoms with van der Waals surface area (Å²) in [4.78, 5) is 2.50. The minimum atomic E-state index is 0.417. The molecule has 0 aromatic rings. The van der Waals surface area contributed by atoms with E-state index in [1.807, 2.05) is 0 Å². The van der Waals surface area contributed by atoms with Gasteiger partial charge in [0.15, 0.2) is 0 Å². The van der Waals surface area contributed by atoms with Crippen molar-refractivity contribution in [3.63, 3.8) is 0 Å². The smallest absolute Gasteiger partial charge is 0.0356 e. The van der Waals surface area contributed by atoms with Crippen LogP contribution in [0.15, 0.2) is 0 Å². The zero-order valence-electron chi connectivity index (χ0n) is 12.4. The van der Waals surface area contributed by atoms with E-state index in [0.29, 0.717) is 11.6 Å². The molecule has 0 heterocycles. The van der Waals surface area contributed by atoms with Crippen molar-refractivity contribution < 1.29 is 0 Å². The Kier molecular flexibility index (Phi) is 6.50. The average Bonchev–Trinajstić information content (AvgIpc) is 2.35. The van der Waals surface area contributed by atoms with Crippen molar-refractivity contribution in [2.24, 2.45) is 0 Å². The van der Waals surface area contributed by atoms with Gasteiger partial charge in [-0.05, 0) is 40.4 Å². The quantitative estimate of drug-likeness (QED) is 0.686. The molecule has 1 N–H and O–H groups in total. The molecule has 0 aliphatic heterocycles. The molecule has 1 rings (SSSR count). The molecule has 0 spiro atoms. The van der Waals surface area contributed by atoms with Gasteiger partial charge < -0.3 is 10.2 Å². The highest BCUT2D eigenvalue weighted by molar-refractivity contribution is 4.99. The van der Waals surface area contributed by atoms with Crippen LogP contribution in [-0.2, 0) is 0 Å². The molecule has 0 amide bonds. The second kappa shape index (κ2) is 7.38. The van der Waals surface area contributed by atoms with E-state index < -0.39 is 0 Å². The molecule has 1 aliphatic carbocycles. The molecule has 2 heteroatoms. The van der Waals surface area contributed by atoms with Gasteiger partial charge in [-0.1, -0.05) is 45.4 Å². The fraction of sp³-hybridized carbons (Fsp3) is 1.00. The Balaban J connectivity index is 2.64. The van der Waals surface area contributed by atoms with E-state index in [1.165, 1.54) is 57.8 Å². The molecular weight excluding hydrogens is 208 g/mol. The van der Waals surface area contributed by atoms with Gasteiger partial charge in [0.1, 0.15) is 0 Å². The summed E-state index contributed by atoms with van der Waals surface area (Å²) in [5, 5.41) is 3.61. The van der Waals surface area contributed by atoms with Crippen LogP contribution in [0.1, 0.15) is 64.7 Å². The molecule has 0 bridgehead atoms. The largest absolute Gasteiger partial charge is 0.315 e. The van der Waals surface area contributed by atoms with Crippen molar-refractivity contribution >= 4 is 0 Å². The van der Waals surface area contributed by atoms with Gasteiger partial charge in [0.05, 0.1) is 0 Å². The molecule has 102 valence electrons. The molecule has 1 aliphatic rings. The fourth-order valence-electron chi connectivity index (χ4n) is 3.55. The average molecular weight is 240 g/mol. The minimum Gasteiger partial charge on any atom is -0.315 e. The Morgan fingerprint density at radius 3 is 2.24 bits per heavy atom. The maximum atomic E-state index is 3.61. The highest BCUT2D eigenvalue weighted by Crippen LogP contribution is 2.36.